The van der Waals surface area contributed by atoms with Crippen LogP contribution in [0.1, 0.15) is 26.3 Å². The molecule has 120 valence electrons. The molecule has 7 heteroatoms. The van der Waals surface area contributed by atoms with Gasteiger partial charge in [0.2, 0.25) is 5.91 Å². The molecule has 0 heterocycles. The van der Waals surface area contributed by atoms with Crippen molar-refractivity contribution in [2.45, 2.75) is 20.8 Å². The molecule has 0 saturated carbocycles. The van der Waals surface area contributed by atoms with Gasteiger partial charge in [0.25, 0.3) is 0 Å². The van der Waals surface area contributed by atoms with Gasteiger partial charge in [-0.15, -0.1) is 0 Å². The molecule has 0 aliphatic carbocycles. The highest BCUT2D eigenvalue weighted by atomic mass is 79.9. The van der Waals surface area contributed by atoms with E-state index in [1.807, 2.05) is 13.8 Å². The second-order valence-electron chi connectivity index (χ2n) is 4.24. The summed E-state index contributed by atoms with van der Waals surface area (Å²) in [7, 11) is 0. The number of carboxylic acid groups (broad SMARTS) is 1. The fraction of sp³-hybridized carbons (Fsp3) is 0.333. The number of carbonyl (C=O) groups is 2. The first kappa shape index (κ1) is 18.0. The average molecular weight is 372 g/mol. The van der Waals surface area contributed by atoms with Gasteiger partial charge in [0, 0.05) is 6.92 Å². The van der Waals surface area contributed by atoms with Crippen LogP contribution in [0.4, 0.5) is 0 Å². The maximum Gasteiger partial charge on any atom is 0.352 e. The molecule has 1 rings (SSSR count). The van der Waals surface area contributed by atoms with E-state index in [9.17, 15) is 9.59 Å². The van der Waals surface area contributed by atoms with Gasteiger partial charge in [-0.05, 0) is 53.5 Å². The first-order chi connectivity index (χ1) is 10.4. The Bertz CT molecular complexity index is 598. The predicted molar refractivity (Wildman–Crippen MR) is 85.9 cm³/mol. The summed E-state index contributed by atoms with van der Waals surface area (Å²) in [6, 6.07) is 3.35. The summed E-state index contributed by atoms with van der Waals surface area (Å²) < 4.78 is 11.7. The smallest absolute Gasteiger partial charge is 0.352 e. The van der Waals surface area contributed by atoms with Gasteiger partial charge < -0.3 is 19.9 Å². The lowest BCUT2D eigenvalue weighted by Gasteiger charge is -2.14. The van der Waals surface area contributed by atoms with Crippen LogP contribution in [0, 0.1) is 0 Å². The van der Waals surface area contributed by atoms with E-state index in [2.05, 4.69) is 21.2 Å². The van der Waals surface area contributed by atoms with Gasteiger partial charge in [-0.25, -0.2) is 4.79 Å². The van der Waals surface area contributed by atoms with Crippen LogP contribution >= 0.6 is 15.9 Å². The zero-order chi connectivity index (χ0) is 16.7. The number of amides is 1. The van der Waals surface area contributed by atoms with E-state index in [0.29, 0.717) is 34.7 Å². The monoisotopic (exact) mass is 371 g/mol. The van der Waals surface area contributed by atoms with E-state index in [-0.39, 0.29) is 5.70 Å². The van der Waals surface area contributed by atoms with E-state index in [0.717, 1.165) is 0 Å². The van der Waals surface area contributed by atoms with Crippen molar-refractivity contribution in [3.8, 4) is 11.5 Å². The normalized spacial score (nSPS) is 11.0. The molecule has 1 aromatic carbocycles. The van der Waals surface area contributed by atoms with E-state index >= 15 is 0 Å². The first-order valence-corrected chi connectivity index (χ1v) is 7.50. The largest absolute Gasteiger partial charge is 0.490 e. The highest BCUT2D eigenvalue weighted by molar-refractivity contribution is 9.10. The summed E-state index contributed by atoms with van der Waals surface area (Å²) in [5, 5.41) is 11.4. The van der Waals surface area contributed by atoms with Crippen LogP contribution < -0.4 is 14.8 Å². The molecule has 0 spiro atoms. The van der Waals surface area contributed by atoms with Crippen molar-refractivity contribution in [1.29, 1.82) is 0 Å². The van der Waals surface area contributed by atoms with E-state index in [1.54, 1.807) is 12.1 Å². The molecule has 1 amide bonds. The number of carbonyl (C=O) groups excluding carboxylic acids is 1. The molecular formula is C15H18BrNO5. The number of hydrogen-bond acceptors (Lipinski definition) is 4. The number of rotatable bonds is 7. The lowest BCUT2D eigenvalue weighted by molar-refractivity contribution is -0.134. The van der Waals surface area contributed by atoms with Crippen molar-refractivity contribution < 1.29 is 24.2 Å². The second-order valence-corrected chi connectivity index (χ2v) is 5.09. The standard InChI is InChI=1S/C15H18BrNO5/c1-4-21-13-8-10(6-11(16)14(13)22-5-2)7-12(15(19)20)17-9(3)18/h6-8H,4-5H2,1-3H3,(H,17,18)(H,19,20). The van der Waals surface area contributed by atoms with Crippen LogP contribution in [0.3, 0.4) is 0 Å². The molecule has 0 unspecified atom stereocenters. The number of nitrogens with one attached hydrogen (secondary N) is 1. The number of hydrogen-bond donors (Lipinski definition) is 2. The molecule has 2 N–H and O–H groups in total. The quantitative estimate of drug-likeness (QED) is 0.719. The van der Waals surface area contributed by atoms with Gasteiger partial charge in [-0.2, -0.15) is 0 Å². The SMILES string of the molecule is CCOc1cc(C=C(NC(C)=O)C(=O)O)cc(Br)c1OCC. The Morgan fingerprint density at radius 2 is 1.91 bits per heavy atom. The van der Waals surface area contributed by atoms with Crippen molar-refractivity contribution >= 4 is 33.9 Å². The number of carboxylic acids is 1. The van der Waals surface area contributed by atoms with E-state index in [1.165, 1.54) is 13.0 Å². The first-order valence-electron chi connectivity index (χ1n) is 6.70. The Hall–Kier alpha value is -2.02. The van der Waals surface area contributed by atoms with Crippen molar-refractivity contribution in [2.75, 3.05) is 13.2 Å². The lowest BCUT2D eigenvalue weighted by Crippen LogP contribution is -2.24. The molecule has 0 bridgehead atoms. The van der Waals surface area contributed by atoms with Crippen molar-refractivity contribution in [2.24, 2.45) is 0 Å². The molecule has 22 heavy (non-hydrogen) atoms. The Kier molecular flexibility index (Phi) is 6.91. The Balaban J connectivity index is 3.29. The van der Waals surface area contributed by atoms with Gasteiger partial charge in [-0.1, -0.05) is 0 Å². The molecule has 1 aromatic rings. The zero-order valence-electron chi connectivity index (χ0n) is 12.6. The zero-order valence-corrected chi connectivity index (χ0v) is 14.2. The van der Waals surface area contributed by atoms with Gasteiger partial charge in [-0.3, -0.25) is 4.79 Å². The summed E-state index contributed by atoms with van der Waals surface area (Å²) in [5.41, 5.74) is 0.343. The number of halogens is 1. The summed E-state index contributed by atoms with van der Waals surface area (Å²) >= 11 is 3.38. The molecule has 0 atom stereocenters. The van der Waals surface area contributed by atoms with Crippen LogP contribution in [-0.4, -0.2) is 30.2 Å². The van der Waals surface area contributed by atoms with Crippen molar-refractivity contribution in [3.63, 3.8) is 0 Å². The topological polar surface area (TPSA) is 84.9 Å². The molecule has 0 fully saturated rings. The minimum atomic E-state index is -1.22. The van der Waals surface area contributed by atoms with Gasteiger partial charge in [0.05, 0.1) is 17.7 Å². The minimum Gasteiger partial charge on any atom is -0.490 e. The maximum absolute atomic E-state index is 11.2. The van der Waals surface area contributed by atoms with E-state index < -0.39 is 11.9 Å². The number of ether oxygens (including phenoxy) is 2. The average Bonchev–Trinajstić information content (AvgIpc) is 2.41. The molecule has 0 aliphatic rings. The van der Waals surface area contributed by atoms with Crippen molar-refractivity contribution in [1.82, 2.24) is 5.32 Å². The predicted octanol–water partition coefficient (Wildman–Crippen LogP) is 2.81. The van der Waals surface area contributed by atoms with Crippen molar-refractivity contribution in [3.05, 3.63) is 27.9 Å². The Morgan fingerprint density at radius 1 is 1.27 bits per heavy atom. The molecular weight excluding hydrogens is 354 g/mol. The third-order valence-corrected chi connectivity index (χ3v) is 3.06. The summed E-state index contributed by atoms with van der Waals surface area (Å²) in [6.07, 6.45) is 1.35. The van der Waals surface area contributed by atoms with Crippen LogP contribution in [0.15, 0.2) is 22.3 Å². The van der Waals surface area contributed by atoms with E-state index in [4.69, 9.17) is 14.6 Å². The molecule has 0 aliphatic heterocycles. The second kappa shape index (κ2) is 8.43. The number of benzene rings is 1. The third kappa shape index (κ3) is 5.07. The summed E-state index contributed by atoms with van der Waals surface area (Å²) in [6.45, 7) is 5.86. The van der Waals surface area contributed by atoms with Gasteiger partial charge >= 0.3 is 5.97 Å². The molecule has 0 aromatic heterocycles. The Labute approximate surface area is 137 Å². The summed E-state index contributed by atoms with van der Waals surface area (Å²) in [5.74, 6) is -0.628. The van der Waals surface area contributed by atoms with Gasteiger partial charge in [0.15, 0.2) is 11.5 Å². The fourth-order valence-electron chi connectivity index (χ4n) is 1.73. The van der Waals surface area contributed by atoms with Crippen LogP contribution in [-0.2, 0) is 9.59 Å². The molecule has 0 radical (unpaired) electrons. The molecule has 6 nitrogen and oxygen atoms in total. The van der Waals surface area contributed by atoms with Crippen LogP contribution in [0.25, 0.3) is 6.08 Å². The molecule has 0 saturated heterocycles. The highest BCUT2D eigenvalue weighted by Gasteiger charge is 2.14. The third-order valence-electron chi connectivity index (χ3n) is 2.47. The van der Waals surface area contributed by atoms with Crippen LogP contribution in [0.5, 0.6) is 11.5 Å². The lowest BCUT2D eigenvalue weighted by atomic mass is 10.1. The highest BCUT2D eigenvalue weighted by Crippen LogP contribution is 2.37. The minimum absolute atomic E-state index is 0.217. The van der Waals surface area contributed by atoms with Gasteiger partial charge in [0.1, 0.15) is 5.70 Å². The number of aliphatic carboxylic acids is 1. The maximum atomic E-state index is 11.2. The Morgan fingerprint density at radius 3 is 2.41 bits per heavy atom. The summed E-state index contributed by atoms with van der Waals surface area (Å²) in [4.78, 5) is 22.2. The van der Waals surface area contributed by atoms with Crippen LogP contribution in [0.2, 0.25) is 0 Å². The fourth-order valence-corrected chi connectivity index (χ4v) is 2.30.